The summed E-state index contributed by atoms with van der Waals surface area (Å²) in [5.74, 6) is 1.21. The van der Waals surface area contributed by atoms with Crippen LogP contribution in [-0.4, -0.2) is 29.0 Å². The van der Waals surface area contributed by atoms with E-state index in [0.717, 1.165) is 36.6 Å². The first kappa shape index (κ1) is 16.7. The first-order valence-corrected chi connectivity index (χ1v) is 8.55. The number of hydrogen-bond donors (Lipinski definition) is 1. The zero-order valence-electron chi connectivity index (χ0n) is 13.9. The number of hydrogen-bond acceptors (Lipinski definition) is 4. The molecule has 1 aliphatic heterocycles. The maximum Gasteiger partial charge on any atom is 0.274 e. The van der Waals surface area contributed by atoms with Crippen LogP contribution in [0.4, 0.5) is 11.5 Å². The van der Waals surface area contributed by atoms with Crippen molar-refractivity contribution in [2.75, 3.05) is 23.3 Å². The van der Waals surface area contributed by atoms with Crippen molar-refractivity contribution in [1.82, 2.24) is 9.97 Å². The van der Waals surface area contributed by atoms with Gasteiger partial charge in [0.15, 0.2) is 0 Å². The van der Waals surface area contributed by atoms with E-state index in [1.807, 2.05) is 13.0 Å². The Morgan fingerprint density at radius 2 is 2.17 bits per heavy atom. The summed E-state index contributed by atoms with van der Waals surface area (Å²) < 4.78 is 0. The molecule has 1 aromatic carbocycles. The van der Waals surface area contributed by atoms with Gasteiger partial charge >= 0.3 is 0 Å². The Balaban J connectivity index is 1.76. The number of nitrogens with zero attached hydrogens (tertiary/aromatic N) is 3. The van der Waals surface area contributed by atoms with Crippen LogP contribution in [0.25, 0.3) is 0 Å². The average molecular weight is 345 g/mol. The molecule has 24 heavy (non-hydrogen) atoms. The van der Waals surface area contributed by atoms with Gasteiger partial charge in [-0.15, -0.1) is 0 Å². The average Bonchev–Trinajstić information content (AvgIpc) is 2.57. The largest absolute Gasteiger partial charge is 0.356 e. The highest BCUT2D eigenvalue weighted by Gasteiger charge is 2.19. The number of rotatable bonds is 3. The third kappa shape index (κ3) is 3.85. The van der Waals surface area contributed by atoms with Gasteiger partial charge in [0, 0.05) is 29.9 Å². The van der Waals surface area contributed by atoms with E-state index in [1.165, 1.54) is 12.7 Å². The fourth-order valence-corrected chi connectivity index (χ4v) is 3.22. The number of piperidine rings is 1. The van der Waals surface area contributed by atoms with E-state index in [0.29, 0.717) is 16.6 Å². The van der Waals surface area contributed by atoms with Crippen molar-refractivity contribution in [3.05, 3.63) is 46.9 Å². The van der Waals surface area contributed by atoms with Crippen LogP contribution in [-0.2, 0) is 0 Å². The summed E-state index contributed by atoms with van der Waals surface area (Å²) in [6.45, 7) is 6.08. The molecule has 0 spiro atoms. The fraction of sp³-hybridized carbons (Fsp3) is 0.389. The number of halogens is 1. The summed E-state index contributed by atoms with van der Waals surface area (Å²) in [5.41, 5.74) is 2.01. The van der Waals surface area contributed by atoms with Gasteiger partial charge in [-0.3, -0.25) is 4.79 Å². The molecule has 1 saturated heterocycles. The van der Waals surface area contributed by atoms with Gasteiger partial charge in [-0.1, -0.05) is 18.5 Å². The van der Waals surface area contributed by atoms with Crippen LogP contribution in [0.15, 0.2) is 30.6 Å². The Kier molecular flexibility index (Phi) is 5.00. The second kappa shape index (κ2) is 7.18. The number of aromatic nitrogens is 2. The van der Waals surface area contributed by atoms with Gasteiger partial charge in [-0.25, -0.2) is 9.97 Å². The molecule has 3 rings (SSSR count). The molecule has 5 nitrogen and oxygen atoms in total. The molecule has 1 aliphatic rings. The third-order valence-corrected chi connectivity index (χ3v) is 4.54. The lowest BCUT2D eigenvalue weighted by Crippen LogP contribution is -2.35. The lowest BCUT2D eigenvalue weighted by Gasteiger charge is -2.31. The van der Waals surface area contributed by atoms with Gasteiger partial charge in [0.1, 0.15) is 17.8 Å². The van der Waals surface area contributed by atoms with Crippen LogP contribution in [0, 0.1) is 12.8 Å². The van der Waals surface area contributed by atoms with E-state index in [9.17, 15) is 4.79 Å². The molecule has 1 aromatic heterocycles. The molecule has 0 bridgehead atoms. The molecule has 1 unspecified atom stereocenters. The Morgan fingerprint density at radius 3 is 2.92 bits per heavy atom. The maximum atomic E-state index is 12.5. The second-order valence-electron chi connectivity index (χ2n) is 6.37. The highest BCUT2D eigenvalue weighted by atomic mass is 35.5. The molecule has 1 N–H and O–H groups in total. The lowest BCUT2D eigenvalue weighted by molar-refractivity contribution is 0.102. The molecule has 126 valence electrons. The summed E-state index contributed by atoms with van der Waals surface area (Å²) in [7, 11) is 0. The van der Waals surface area contributed by atoms with Crippen molar-refractivity contribution in [3.8, 4) is 0 Å². The van der Waals surface area contributed by atoms with Gasteiger partial charge in [0.2, 0.25) is 0 Å². The molecular weight excluding hydrogens is 324 g/mol. The molecule has 1 amide bonds. The Hall–Kier alpha value is -2.14. The molecule has 2 heterocycles. The van der Waals surface area contributed by atoms with Gasteiger partial charge in [0.25, 0.3) is 5.91 Å². The minimum atomic E-state index is -0.242. The van der Waals surface area contributed by atoms with Crippen molar-refractivity contribution in [2.45, 2.75) is 26.7 Å². The van der Waals surface area contributed by atoms with E-state index in [1.54, 1.807) is 18.2 Å². The molecule has 1 atom stereocenters. The summed E-state index contributed by atoms with van der Waals surface area (Å²) in [5, 5.41) is 3.53. The predicted octanol–water partition coefficient (Wildman–Crippen LogP) is 3.93. The van der Waals surface area contributed by atoms with E-state index in [4.69, 9.17) is 11.6 Å². The van der Waals surface area contributed by atoms with Crippen LogP contribution >= 0.6 is 11.6 Å². The summed E-state index contributed by atoms with van der Waals surface area (Å²) in [6, 6.07) is 7.13. The number of carbonyl (C=O) groups excluding carboxylic acids is 1. The molecular formula is C18H21ClN4O. The smallest absolute Gasteiger partial charge is 0.274 e. The van der Waals surface area contributed by atoms with Gasteiger partial charge in [-0.05, 0) is 49.4 Å². The number of carbonyl (C=O) groups is 1. The van der Waals surface area contributed by atoms with Crippen molar-refractivity contribution in [1.29, 1.82) is 0 Å². The monoisotopic (exact) mass is 344 g/mol. The quantitative estimate of drug-likeness (QED) is 0.916. The summed E-state index contributed by atoms with van der Waals surface area (Å²) >= 11 is 5.95. The minimum absolute atomic E-state index is 0.242. The zero-order valence-corrected chi connectivity index (χ0v) is 14.7. The van der Waals surface area contributed by atoms with Crippen molar-refractivity contribution >= 4 is 29.0 Å². The van der Waals surface area contributed by atoms with Gasteiger partial charge in [0.05, 0.1) is 0 Å². The Morgan fingerprint density at radius 1 is 1.33 bits per heavy atom. The highest BCUT2D eigenvalue weighted by molar-refractivity contribution is 6.30. The fourth-order valence-electron chi connectivity index (χ4n) is 3.00. The number of aryl methyl sites for hydroxylation is 1. The number of anilines is 2. The second-order valence-corrected chi connectivity index (χ2v) is 6.80. The molecule has 1 fully saturated rings. The first-order valence-electron chi connectivity index (χ1n) is 8.17. The van der Waals surface area contributed by atoms with Crippen LogP contribution in [0.2, 0.25) is 5.02 Å². The minimum Gasteiger partial charge on any atom is -0.356 e. The van der Waals surface area contributed by atoms with E-state index in [-0.39, 0.29) is 5.91 Å². The predicted molar refractivity (Wildman–Crippen MR) is 96.8 cm³/mol. The molecule has 0 radical (unpaired) electrons. The van der Waals surface area contributed by atoms with Crippen molar-refractivity contribution in [3.63, 3.8) is 0 Å². The van der Waals surface area contributed by atoms with Gasteiger partial charge in [-0.2, -0.15) is 0 Å². The number of benzene rings is 1. The Bertz CT molecular complexity index is 750. The number of amides is 1. The normalized spacial score (nSPS) is 17.6. The van der Waals surface area contributed by atoms with Crippen molar-refractivity contribution < 1.29 is 4.79 Å². The SMILES string of the molecule is Cc1cc(Cl)ccc1NC(=O)c1cc(N2CCCC(C)C2)ncn1. The zero-order chi connectivity index (χ0) is 17.1. The summed E-state index contributed by atoms with van der Waals surface area (Å²) in [6.07, 6.45) is 3.85. The summed E-state index contributed by atoms with van der Waals surface area (Å²) in [4.78, 5) is 23.2. The molecule has 2 aromatic rings. The van der Waals surface area contributed by atoms with Gasteiger partial charge < -0.3 is 10.2 Å². The maximum absolute atomic E-state index is 12.5. The first-order chi connectivity index (χ1) is 11.5. The molecule has 0 aliphatic carbocycles. The lowest BCUT2D eigenvalue weighted by atomic mass is 10.0. The van der Waals surface area contributed by atoms with E-state index in [2.05, 4.69) is 27.1 Å². The Labute approximate surface area is 147 Å². The van der Waals surface area contributed by atoms with Crippen molar-refractivity contribution in [2.24, 2.45) is 5.92 Å². The topological polar surface area (TPSA) is 58.1 Å². The van der Waals surface area contributed by atoms with Crippen LogP contribution in [0.1, 0.15) is 35.8 Å². The molecule has 6 heteroatoms. The van der Waals surface area contributed by atoms with E-state index >= 15 is 0 Å². The van der Waals surface area contributed by atoms with E-state index < -0.39 is 0 Å². The third-order valence-electron chi connectivity index (χ3n) is 4.30. The highest BCUT2D eigenvalue weighted by Crippen LogP contribution is 2.23. The van der Waals surface area contributed by atoms with Crippen LogP contribution in [0.5, 0.6) is 0 Å². The standard InChI is InChI=1S/C18H21ClN4O/c1-12-4-3-7-23(10-12)17-9-16(20-11-21-17)18(24)22-15-6-5-14(19)8-13(15)2/h5-6,8-9,11-12H,3-4,7,10H2,1-2H3,(H,22,24). The molecule has 0 saturated carbocycles. The number of nitrogens with one attached hydrogen (secondary N) is 1. The van der Waals surface area contributed by atoms with Crippen LogP contribution in [0.3, 0.4) is 0 Å². The van der Waals surface area contributed by atoms with Crippen LogP contribution < -0.4 is 10.2 Å².